The fourth-order valence-corrected chi connectivity index (χ4v) is 3.14. The van der Waals surface area contributed by atoms with Gasteiger partial charge in [0, 0.05) is 10.5 Å². The zero-order valence-electron chi connectivity index (χ0n) is 11.5. The molecule has 0 amide bonds. The number of esters is 1. The number of carbonyl (C=O) groups excluding carboxylic acids is 2. The van der Waals surface area contributed by atoms with Crippen LogP contribution in [0.15, 0.2) is 59.5 Å². The maximum Gasteiger partial charge on any atom is 0.339 e. The van der Waals surface area contributed by atoms with E-state index in [1.54, 1.807) is 0 Å². The highest BCUT2D eigenvalue weighted by molar-refractivity contribution is 8.32. The van der Waals surface area contributed by atoms with Crippen LogP contribution in [0.2, 0.25) is 0 Å². The third kappa shape index (κ3) is 3.10. The molecule has 0 radical (unpaired) electrons. The van der Waals surface area contributed by atoms with Gasteiger partial charge in [0.1, 0.15) is 6.61 Å². The lowest BCUT2D eigenvalue weighted by atomic mass is 9.97. The van der Waals surface area contributed by atoms with Crippen molar-refractivity contribution in [3.63, 3.8) is 0 Å². The number of hydrogen-bond donors (Lipinski definition) is 1. The van der Waals surface area contributed by atoms with Gasteiger partial charge in [0.25, 0.3) is 0 Å². The minimum absolute atomic E-state index is 0.253. The average molecular weight is 328 g/mol. The lowest BCUT2D eigenvalue weighted by Gasteiger charge is -2.05. The third-order valence-electron chi connectivity index (χ3n) is 3.32. The Bertz CT molecular complexity index is 749. The highest BCUT2D eigenvalue weighted by atomic mass is 32.2. The molecule has 2 aromatic carbocycles. The summed E-state index contributed by atoms with van der Waals surface area (Å²) in [6.45, 7) is 0.265. The molecule has 1 aliphatic rings. The molecule has 1 aliphatic heterocycles. The molecule has 1 heterocycles. The highest BCUT2D eigenvalue weighted by Gasteiger charge is 2.26. The number of thioether (sulfide) groups is 1. The van der Waals surface area contributed by atoms with E-state index in [2.05, 4.69) is 12.6 Å². The second-order valence-corrected chi connectivity index (χ2v) is 6.44. The third-order valence-corrected chi connectivity index (χ3v) is 4.28. The molecule has 3 nitrogen and oxygen atoms in total. The van der Waals surface area contributed by atoms with Crippen LogP contribution in [0.5, 0.6) is 0 Å². The average Bonchev–Trinajstić information content (AvgIpc) is 2.90. The number of rotatable bonds is 3. The number of ether oxygens (including phenoxy) is 1. The molecule has 0 aliphatic carbocycles. The van der Waals surface area contributed by atoms with E-state index in [-0.39, 0.29) is 17.0 Å². The van der Waals surface area contributed by atoms with Crippen molar-refractivity contribution in [3.8, 4) is 0 Å². The van der Waals surface area contributed by atoms with Crippen molar-refractivity contribution < 1.29 is 14.3 Å². The van der Waals surface area contributed by atoms with E-state index in [9.17, 15) is 9.59 Å². The lowest BCUT2D eigenvalue weighted by Crippen LogP contribution is -1.98. The van der Waals surface area contributed by atoms with Crippen LogP contribution in [-0.4, -0.2) is 17.0 Å². The smallest absolute Gasteiger partial charge is 0.339 e. The first-order valence-corrected chi connectivity index (χ1v) is 7.88. The van der Waals surface area contributed by atoms with Gasteiger partial charge in [-0.2, -0.15) is 0 Å². The van der Waals surface area contributed by atoms with Gasteiger partial charge in [0.2, 0.25) is 4.45 Å². The zero-order valence-corrected chi connectivity index (χ0v) is 13.2. The van der Waals surface area contributed by atoms with Crippen LogP contribution in [0.25, 0.3) is 11.1 Å². The van der Waals surface area contributed by atoms with Gasteiger partial charge in [-0.05, 0) is 35.0 Å². The molecular formula is C17H12O3S2. The first kappa shape index (κ1) is 14.9. The first-order chi connectivity index (χ1) is 10.6. The van der Waals surface area contributed by atoms with Gasteiger partial charge in [-0.3, -0.25) is 4.79 Å². The standard InChI is InChI=1S/C17H12O3S2/c18-16-15(12-4-2-1-3-5-12)14(10-20-16)11-6-8-13(9-7-11)22-17(19)21/h1-9H,10H2,(H,19,21). The van der Waals surface area contributed by atoms with Crippen LogP contribution < -0.4 is 0 Å². The highest BCUT2D eigenvalue weighted by Crippen LogP contribution is 2.33. The summed E-state index contributed by atoms with van der Waals surface area (Å²) in [5.41, 5.74) is 3.24. The van der Waals surface area contributed by atoms with Crippen molar-refractivity contribution in [2.24, 2.45) is 0 Å². The van der Waals surface area contributed by atoms with Crippen LogP contribution in [-0.2, 0) is 9.53 Å². The van der Waals surface area contributed by atoms with Crippen molar-refractivity contribution in [1.29, 1.82) is 0 Å². The van der Waals surface area contributed by atoms with Gasteiger partial charge in [-0.25, -0.2) is 4.79 Å². The molecule has 5 heteroatoms. The van der Waals surface area contributed by atoms with Crippen molar-refractivity contribution >= 4 is 46.0 Å². The monoisotopic (exact) mass is 328 g/mol. The maximum atomic E-state index is 12.0. The summed E-state index contributed by atoms with van der Waals surface area (Å²) in [5, 5.41) is 0. The van der Waals surface area contributed by atoms with Crippen molar-refractivity contribution in [2.75, 3.05) is 6.61 Å². The van der Waals surface area contributed by atoms with Gasteiger partial charge in [-0.1, -0.05) is 55.1 Å². The van der Waals surface area contributed by atoms with Crippen LogP contribution in [0, 0.1) is 0 Å². The predicted octanol–water partition coefficient (Wildman–Crippen LogP) is 4.30. The Labute approximate surface area is 137 Å². The number of carbonyl (C=O) groups is 2. The molecule has 0 atom stereocenters. The molecule has 110 valence electrons. The lowest BCUT2D eigenvalue weighted by molar-refractivity contribution is -0.133. The number of hydrogen-bond acceptors (Lipinski definition) is 4. The molecule has 0 saturated carbocycles. The molecule has 2 aromatic rings. The van der Waals surface area contributed by atoms with E-state index in [1.165, 1.54) is 0 Å². The van der Waals surface area contributed by atoms with E-state index in [0.717, 1.165) is 33.4 Å². The molecule has 0 N–H and O–H groups in total. The second-order valence-electron chi connectivity index (χ2n) is 4.69. The van der Waals surface area contributed by atoms with Crippen LogP contribution in [0.1, 0.15) is 11.1 Å². The van der Waals surface area contributed by atoms with E-state index in [0.29, 0.717) is 5.57 Å². The Kier molecular flexibility index (Phi) is 4.36. The topological polar surface area (TPSA) is 43.4 Å². The summed E-state index contributed by atoms with van der Waals surface area (Å²) >= 11 is 4.81. The van der Waals surface area contributed by atoms with Crippen molar-refractivity contribution in [3.05, 3.63) is 65.7 Å². The molecule has 3 rings (SSSR count). The number of cyclic esters (lactones) is 1. The van der Waals surface area contributed by atoms with E-state index in [1.807, 2.05) is 54.6 Å². The van der Waals surface area contributed by atoms with Gasteiger partial charge < -0.3 is 4.74 Å². The minimum Gasteiger partial charge on any atom is -0.457 e. The molecule has 0 bridgehead atoms. The SMILES string of the molecule is O=C(S)Sc1ccc(C2=C(c3ccccc3)C(=O)OC2)cc1. The van der Waals surface area contributed by atoms with Crippen molar-refractivity contribution in [2.45, 2.75) is 4.90 Å². The van der Waals surface area contributed by atoms with Crippen molar-refractivity contribution in [1.82, 2.24) is 0 Å². The fraction of sp³-hybridized carbons (Fsp3) is 0.0588. The van der Waals surface area contributed by atoms with Gasteiger partial charge >= 0.3 is 5.97 Å². The number of benzene rings is 2. The summed E-state index contributed by atoms with van der Waals surface area (Å²) in [6.07, 6.45) is 0. The normalized spacial score (nSPS) is 14.1. The Hall–Kier alpha value is -1.98. The summed E-state index contributed by atoms with van der Waals surface area (Å²) in [5.74, 6) is -0.301. The van der Waals surface area contributed by atoms with Gasteiger partial charge in [0.15, 0.2) is 0 Å². The maximum absolute atomic E-state index is 12.0. The fourth-order valence-electron chi connectivity index (χ4n) is 2.35. The molecular weight excluding hydrogens is 316 g/mol. The molecule has 0 unspecified atom stereocenters. The second kappa shape index (κ2) is 6.42. The summed E-state index contributed by atoms with van der Waals surface area (Å²) in [7, 11) is 0. The molecule has 0 fully saturated rings. The minimum atomic E-state index is -0.301. The van der Waals surface area contributed by atoms with Gasteiger partial charge in [-0.15, -0.1) is 0 Å². The summed E-state index contributed by atoms with van der Waals surface area (Å²) < 4.78 is 4.94. The van der Waals surface area contributed by atoms with E-state index in [4.69, 9.17) is 4.74 Å². The van der Waals surface area contributed by atoms with Crippen LogP contribution in [0.4, 0.5) is 4.79 Å². The predicted molar refractivity (Wildman–Crippen MR) is 90.9 cm³/mol. The Morgan fingerprint density at radius 1 is 1.00 bits per heavy atom. The Balaban J connectivity index is 1.99. The van der Waals surface area contributed by atoms with E-state index < -0.39 is 0 Å². The van der Waals surface area contributed by atoms with Gasteiger partial charge in [0.05, 0.1) is 5.57 Å². The molecule has 0 saturated heterocycles. The quantitative estimate of drug-likeness (QED) is 0.518. The molecule has 0 spiro atoms. The Morgan fingerprint density at radius 2 is 1.68 bits per heavy atom. The Morgan fingerprint density at radius 3 is 2.32 bits per heavy atom. The van der Waals surface area contributed by atoms with Crippen LogP contribution >= 0.6 is 24.4 Å². The largest absolute Gasteiger partial charge is 0.457 e. The summed E-state index contributed by atoms with van der Waals surface area (Å²) in [4.78, 5) is 23.8. The number of thiol groups is 1. The summed E-state index contributed by atoms with van der Waals surface area (Å²) in [6, 6.07) is 16.9. The molecule has 0 aromatic heterocycles. The van der Waals surface area contributed by atoms with Crippen LogP contribution in [0.3, 0.4) is 0 Å². The molecule has 22 heavy (non-hydrogen) atoms. The first-order valence-electron chi connectivity index (χ1n) is 6.62. The van der Waals surface area contributed by atoms with E-state index >= 15 is 0 Å². The zero-order chi connectivity index (χ0) is 15.5.